The van der Waals surface area contributed by atoms with Gasteiger partial charge < -0.3 is 8.82 Å². The molecule has 3 heterocycles. The van der Waals surface area contributed by atoms with Gasteiger partial charge in [0.25, 0.3) is 0 Å². The van der Waals surface area contributed by atoms with Gasteiger partial charge in [0.1, 0.15) is 11.4 Å². The molecule has 0 atom stereocenters. The Morgan fingerprint density at radius 1 is 1.00 bits per heavy atom. The number of nitrogens with zero attached hydrogens (tertiary/aromatic N) is 2. The number of rotatable bonds is 2. The summed E-state index contributed by atoms with van der Waals surface area (Å²) >= 11 is 0. The smallest absolute Gasteiger partial charge is 0.140 e. The van der Waals surface area contributed by atoms with Crippen LogP contribution in [0.1, 0.15) is 5.56 Å². The van der Waals surface area contributed by atoms with E-state index in [1.165, 1.54) is 5.56 Å². The molecule has 21 heavy (non-hydrogen) atoms. The Hall–Kier alpha value is -2.81. The third-order valence-corrected chi connectivity index (χ3v) is 3.64. The van der Waals surface area contributed by atoms with Crippen LogP contribution in [0.2, 0.25) is 0 Å². The summed E-state index contributed by atoms with van der Waals surface area (Å²) in [5, 5.41) is 0. The van der Waals surface area contributed by atoms with Crippen molar-refractivity contribution in [2.45, 2.75) is 6.92 Å². The maximum absolute atomic E-state index is 5.46. The van der Waals surface area contributed by atoms with E-state index in [1.807, 2.05) is 36.5 Å². The van der Waals surface area contributed by atoms with Crippen LogP contribution in [0.25, 0.3) is 28.2 Å². The van der Waals surface area contributed by atoms with Crippen molar-refractivity contribution in [3.63, 3.8) is 0 Å². The lowest BCUT2D eigenvalue weighted by Crippen LogP contribution is -1.84. The number of pyridine rings is 1. The normalized spacial score (nSPS) is 11.1. The third kappa shape index (κ3) is 2.03. The van der Waals surface area contributed by atoms with Crippen molar-refractivity contribution in [3.05, 3.63) is 72.8 Å². The third-order valence-electron chi connectivity index (χ3n) is 3.64. The Balaban J connectivity index is 1.85. The van der Waals surface area contributed by atoms with Crippen LogP contribution in [-0.4, -0.2) is 9.38 Å². The summed E-state index contributed by atoms with van der Waals surface area (Å²) in [5.41, 5.74) is 5.29. The average molecular weight is 274 g/mol. The van der Waals surface area contributed by atoms with Crippen molar-refractivity contribution in [1.29, 1.82) is 0 Å². The van der Waals surface area contributed by atoms with Gasteiger partial charge in [0.15, 0.2) is 0 Å². The maximum Gasteiger partial charge on any atom is 0.140 e. The van der Waals surface area contributed by atoms with Gasteiger partial charge in [-0.1, -0.05) is 24.3 Å². The molecule has 0 radical (unpaired) electrons. The molecule has 3 aromatic heterocycles. The van der Waals surface area contributed by atoms with Crippen molar-refractivity contribution in [2.75, 3.05) is 0 Å². The fourth-order valence-corrected chi connectivity index (χ4v) is 2.57. The van der Waals surface area contributed by atoms with Crippen LogP contribution >= 0.6 is 0 Å². The van der Waals surface area contributed by atoms with E-state index in [0.29, 0.717) is 0 Å². The fraction of sp³-hybridized carbons (Fsp3) is 0.0556. The maximum atomic E-state index is 5.46. The number of hydrogen-bond acceptors (Lipinski definition) is 2. The van der Waals surface area contributed by atoms with Crippen LogP contribution < -0.4 is 0 Å². The number of fused-ring (bicyclic) bond motifs is 1. The van der Waals surface area contributed by atoms with E-state index in [9.17, 15) is 0 Å². The monoisotopic (exact) mass is 274 g/mol. The summed E-state index contributed by atoms with van der Waals surface area (Å²) in [5.74, 6) is 0.872. The second-order valence-electron chi connectivity index (χ2n) is 5.11. The molecule has 3 nitrogen and oxygen atoms in total. The Morgan fingerprint density at radius 3 is 2.71 bits per heavy atom. The molecule has 0 bridgehead atoms. The average Bonchev–Trinajstić information content (AvgIpc) is 3.18. The minimum atomic E-state index is 0.872. The first-order valence-corrected chi connectivity index (χ1v) is 6.90. The van der Waals surface area contributed by atoms with Crippen molar-refractivity contribution in [3.8, 4) is 22.6 Å². The minimum Gasteiger partial charge on any atom is -0.464 e. The Morgan fingerprint density at radius 2 is 1.90 bits per heavy atom. The summed E-state index contributed by atoms with van der Waals surface area (Å²) < 4.78 is 7.52. The number of furan rings is 1. The van der Waals surface area contributed by atoms with Crippen LogP contribution in [0, 0.1) is 6.92 Å². The first kappa shape index (κ1) is 12.0. The molecule has 0 aliphatic rings. The number of imidazole rings is 1. The van der Waals surface area contributed by atoms with Gasteiger partial charge in [0.05, 0.1) is 12.0 Å². The molecule has 4 aromatic rings. The van der Waals surface area contributed by atoms with Crippen LogP contribution in [0.3, 0.4) is 0 Å². The highest BCUT2D eigenvalue weighted by Crippen LogP contribution is 2.26. The zero-order valence-electron chi connectivity index (χ0n) is 11.7. The quantitative estimate of drug-likeness (QED) is 0.536. The molecule has 4 rings (SSSR count). The number of aryl methyl sites for hydroxylation is 1. The molecular weight excluding hydrogens is 260 g/mol. The van der Waals surface area contributed by atoms with E-state index in [-0.39, 0.29) is 0 Å². The van der Waals surface area contributed by atoms with E-state index < -0.39 is 0 Å². The number of hydrogen-bond donors (Lipinski definition) is 0. The van der Waals surface area contributed by atoms with Crippen molar-refractivity contribution < 1.29 is 4.42 Å². The van der Waals surface area contributed by atoms with Gasteiger partial charge in [-0.3, -0.25) is 0 Å². The summed E-state index contributed by atoms with van der Waals surface area (Å²) in [7, 11) is 0. The molecule has 0 N–H and O–H groups in total. The molecule has 0 saturated carbocycles. The van der Waals surface area contributed by atoms with Gasteiger partial charge in [-0.05, 0) is 36.8 Å². The van der Waals surface area contributed by atoms with Gasteiger partial charge in [0.2, 0.25) is 0 Å². The first-order chi connectivity index (χ1) is 10.3. The number of aromatic nitrogens is 2. The van der Waals surface area contributed by atoms with Crippen LogP contribution in [-0.2, 0) is 0 Å². The highest BCUT2D eigenvalue weighted by Gasteiger charge is 2.08. The second kappa shape index (κ2) is 4.63. The molecule has 0 aliphatic heterocycles. The fourth-order valence-electron chi connectivity index (χ4n) is 2.57. The summed E-state index contributed by atoms with van der Waals surface area (Å²) in [6.07, 6.45) is 5.77. The van der Waals surface area contributed by atoms with Gasteiger partial charge >= 0.3 is 0 Å². The molecule has 0 fully saturated rings. The summed E-state index contributed by atoms with van der Waals surface area (Å²) in [6, 6.07) is 16.2. The predicted molar refractivity (Wildman–Crippen MR) is 83.1 cm³/mol. The molecule has 0 spiro atoms. The molecule has 0 amide bonds. The summed E-state index contributed by atoms with van der Waals surface area (Å²) in [6.45, 7) is 2.07. The highest BCUT2D eigenvalue weighted by molar-refractivity contribution is 5.70. The van der Waals surface area contributed by atoms with Crippen LogP contribution in [0.5, 0.6) is 0 Å². The van der Waals surface area contributed by atoms with E-state index >= 15 is 0 Å². The van der Waals surface area contributed by atoms with Gasteiger partial charge in [-0.2, -0.15) is 0 Å². The van der Waals surface area contributed by atoms with Crippen molar-refractivity contribution in [2.24, 2.45) is 0 Å². The van der Waals surface area contributed by atoms with E-state index in [0.717, 1.165) is 28.2 Å². The topological polar surface area (TPSA) is 30.4 Å². The molecule has 3 heteroatoms. The minimum absolute atomic E-state index is 0.872. The molecule has 0 aliphatic carbocycles. The Kier molecular flexibility index (Phi) is 2.64. The predicted octanol–water partition coefficient (Wildman–Crippen LogP) is 4.57. The highest BCUT2D eigenvalue weighted by atomic mass is 16.3. The lowest BCUT2D eigenvalue weighted by Gasteiger charge is -2.00. The lowest BCUT2D eigenvalue weighted by molar-refractivity contribution is 0.582. The van der Waals surface area contributed by atoms with Crippen molar-refractivity contribution in [1.82, 2.24) is 9.38 Å². The van der Waals surface area contributed by atoms with E-state index in [2.05, 4.69) is 35.7 Å². The SMILES string of the molecule is Cc1cccn2cc(-c3cccc(-c4ccco4)c3)nc12. The Bertz CT molecular complexity index is 904. The second-order valence-corrected chi connectivity index (χ2v) is 5.11. The molecule has 1 aromatic carbocycles. The zero-order chi connectivity index (χ0) is 14.2. The van der Waals surface area contributed by atoms with Gasteiger partial charge in [-0.15, -0.1) is 0 Å². The molecule has 102 valence electrons. The van der Waals surface area contributed by atoms with Crippen LogP contribution in [0.4, 0.5) is 0 Å². The first-order valence-electron chi connectivity index (χ1n) is 6.90. The van der Waals surface area contributed by atoms with Gasteiger partial charge in [0, 0.05) is 23.5 Å². The lowest BCUT2D eigenvalue weighted by atomic mass is 10.1. The van der Waals surface area contributed by atoms with Crippen LogP contribution in [0.15, 0.2) is 71.6 Å². The van der Waals surface area contributed by atoms with Gasteiger partial charge in [-0.25, -0.2) is 4.98 Å². The molecule has 0 saturated heterocycles. The zero-order valence-corrected chi connectivity index (χ0v) is 11.7. The molecular formula is C18H14N2O. The van der Waals surface area contributed by atoms with E-state index in [4.69, 9.17) is 9.40 Å². The standard InChI is InChI=1S/C18H14N2O/c1-13-5-3-9-20-12-16(19-18(13)20)14-6-2-7-15(11-14)17-8-4-10-21-17/h2-12H,1H3. The molecule has 0 unspecified atom stereocenters. The largest absolute Gasteiger partial charge is 0.464 e. The Labute approximate surface area is 122 Å². The summed E-state index contributed by atoms with van der Waals surface area (Å²) in [4.78, 5) is 4.74. The van der Waals surface area contributed by atoms with E-state index in [1.54, 1.807) is 6.26 Å². The number of benzene rings is 1. The van der Waals surface area contributed by atoms with Crippen molar-refractivity contribution >= 4 is 5.65 Å².